The molecule has 1 saturated heterocycles. The largest absolute Gasteiger partial charge is 0.452 e. The van der Waals surface area contributed by atoms with Gasteiger partial charge in [-0.3, -0.25) is 9.59 Å². The van der Waals surface area contributed by atoms with Crippen molar-refractivity contribution in [1.29, 1.82) is 0 Å². The van der Waals surface area contributed by atoms with Crippen LogP contribution >= 0.6 is 0 Å². The van der Waals surface area contributed by atoms with Crippen LogP contribution in [0.15, 0.2) is 42.4 Å². The number of aryl methyl sites for hydroxylation is 1. The van der Waals surface area contributed by atoms with Gasteiger partial charge in [0.25, 0.3) is 0 Å². The van der Waals surface area contributed by atoms with Crippen molar-refractivity contribution < 1.29 is 19.1 Å². The third kappa shape index (κ3) is 5.19. The molecule has 0 spiro atoms. The zero-order chi connectivity index (χ0) is 27.8. The molecule has 0 bridgehead atoms. The second-order valence-corrected chi connectivity index (χ2v) is 10.6. The molecule has 2 aromatic heterocycles. The summed E-state index contributed by atoms with van der Waals surface area (Å²) in [6.45, 7) is 5.27. The number of nitrogens with zero attached hydrogens (tertiary/aromatic N) is 4. The van der Waals surface area contributed by atoms with Gasteiger partial charge in [0.2, 0.25) is 11.7 Å². The van der Waals surface area contributed by atoms with E-state index in [2.05, 4.69) is 20.5 Å². The number of piperidine rings is 1. The molecular weight excluding hydrogens is 496 g/mol. The Morgan fingerprint density at radius 3 is 2.62 bits per heavy atom. The molecule has 0 atom stereocenters. The number of anilines is 2. The van der Waals surface area contributed by atoms with E-state index in [4.69, 9.17) is 4.74 Å². The number of hydrogen-bond acceptors (Lipinski definition) is 6. The normalized spacial score (nSPS) is 16.5. The highest BCUT2D eigenvalue weighted by atomic mass is 16.5. The van der Waals surface area contributed by atoms with Gasteiger partial charge in [-0.1, -0.05) is 0 Å². The van der Waals surface area contributed by atoms with Crippen molar-refractivity contribution >= 4 is 46.2 Å². The minimum Gasteiger partial charge on any atom is -0.452 e. The van der Waals surface area contributed by atoms with E-state index < -0.39 is 0 Å². The van der Waals surface area contributed by atoms with Crippen LogP contribution < -0.4 is 20.3 Å². The fourth-order valence-electron chi connectivity index (χ4n) is 5.26. The molecule has 2 aliphatic heterocycles. The number of benzene rings is 1. The van der Waals surface area contributed by atoms with Gasteiger partial charge in [0.1, 0.15) is 11.4 Å². The van der Waals surface area contributed by atoms with E-state index in [9.17, 15) is 14.4 Å². The summed E-state index contributed by atoms with van der Waals surface area (Å²) in [6.07, 6.45) is 7.07. The second-order valence-electron chi connectivity index (χ2n) is 10.6. The Balaban J connectivity index is 1.42. The number of rotatable bonds is 5. The number of ketones is 1. The van der Waals surface area contributed by atoms with E-state index >= 15 is 0 Å². The fraction of sp³-hybridized carbons (Fsp3) is 0.379. The molecule has 10 heteroatoms. The van der Waals surface area contributed by atoms with Crippen LogP contribution in [0.2, 0.25) is 0 Å². The van der Waals surface area contributed by atoms with Crippen LogP contribution in [0.1, 0.15) is 42.6 Å². The Morgan fingerprint density at radius 1 is 1.18 bits per heavy atom. The summed E-state index contributed by atoms with van der Waals surface area (Å²) in [5.74, 6) is 0.627. The SMILES string of the molecule is CC(C)NC(=O)Nc1ccc2c(c1)C(=O)/C(=C/c1cn(C)c3nccc(N4CCC(C(=O)N(C)C)CC4)c13)O2. The number of nitrogens with one attached hydrogen (secondary N) is 2. The van der Waals surface area contributed by atoms with E-state index in [1.165, 1.54) is 0 Å². The van der Waals surface area contributed by atoms with Crippen molar-refractivity contribution in [3.63, 3.8) is 0 Å². The maximum absolute atomic E-state index is 13.3. The van der Waals surface area contributed by atoms with Crippen molar-refractivity contribution in [3.8, 4) is 5.75 Å². The average Bonchev–Trinajstić information content (AvgIpc) is 3.39. The summed E-state index contributed by atoms with van der Waals surface area (Å²) in [5.41, 5.74) is 3.56. The summed E-state index contributed by atoms with van der Waals surface area (Å²) >= 11 is 0. The molecular formula is C29H34N6O4. The van der Waals surface area contributed by atoms with Gasteiger partial charge in [-0.2, -0.15) is 0 Å². The Bertz CT molecular complexity index is 1480. The van der Waals surface area contributed by atoms with E-state index in [1.807, 2.05) is 37.7 Å². The lowest BCUT2D eigenvalue weighted by Crippen LogP contribution is -2.40. The highest BCUT2D eigenvalue weighted by molar-refractivity contribution is 6.16. The first kappa shape index (κ1) is 26.3. The Labute approximate surface area is 227 Å². The van der Waals surface area contributed by atoms with E-state index in [0.717, 1.165) is 48.2 Å². The Morgan fingerprint density at radius 2 is 1.92 bits per heavy atom. The topological polar surface area (TPSA) is 109 Å². The van der Waals surface area contributed by atoms with Crippen LogP contribution in [0.4, 0.5) is 16.2 Å². The number of amides is 3. The lowest BCUT2D eigenvalue weighted by atomic mass is 9.95. The highest BCUT2D eigenvalue weighted by Gasteiger charge is 2.30. The predicted octanol–water partition coefficient (Wildman–Crippen LogP) is 4.02. The smallest absolute Gasteiger partial charge is 0.319 e. The average molecular weight is 531 g/mol. The first-order valence-electron chi connectivity index (χ1n) is 13.2. The van der Waals surface area contributed by atoms with Gasteiger partial charge in [-0.25, -0.2) is 9.78 Å². The highest BCUT2D eigenvalue weighted by Crippen LogP contribution is 2.37. The van der Waals surface area contributed by atoms with Crippen molar-refractivity contribution in [2.24, 2.45) is 13.0 Å². The van der Waals surface area contributed by atoms with Gasteiger partial charge >= 0.3 is 6.03 Å². The lowest BCUT2D eigenvalue weighted by molar-refractivity contribution is -0.133. The Kier molecular flexibility index (Phi) is 7.03. The minimum absolute atomic E-state index is 0.00842. The zero-order valence-electron chi connectivity index (χ0n) is 22.9. The second kappa shape index (κ2) is 10.4. The summed E-state index contributed by atoms with van der Waals surface area (Å²) in [6, 6.07) is 6.68. The summed E-state index contributed by atoms with van der Waals surface area (Å²) in [4.78, 5) is 46.4. The van der Waals surface area contributed by atoms with E-state index in [1.54, 1.807) is 49.5 Å². The number of carbonyl (C=O) groups is 3. The molecule has 4 heterocycles. The number of urea groups is 1. The minimum atomic E-state index is -0.335. The molecule has 1 aromatic carbocycles. The van der Waals surface area contributed by atoms with Crippen LogP contribution in [0.5, 0.6) is 5.75 Å². The van der Waals surface area contributed by atoms with Crippen LogP contribution in [0, 0.1) is 5.92 Å². The van der Waals surface area contributed by atoms with Crippen LogP contribution in [-0.4, -0.2) is 65.4 Å². The van der Waals surface area contributed by atoms with Gasteiger partial charge in [0, 0.05) is 80.9 Å². The number of allylic oxidation sites excluding steroid dienone is 1. The van der Waals surface area contributed by atoms with Crippen molar-refractivity contribution in [3.05, 3.63) is 53.5 Å². The number of ether oxygens (including phenoxy) is 1. The number of pyridine rings is 1. The van der Waals surface area contributed by atoms with Gasteiger partial charge in [0.15, 0.2) is 5.76 Å². The number of hydrogen-bond donors (Lipinski definition) is 2. The van der Waals surface area contributed by atoms with Crippen molar-refractivity contribution in [1.82, 2.24) is 19.8 Å². The monoisotopic (exact) mass is 530 g/mol. The molecule has 39 heavy (non-hydrogen) atoms. The molecule has 0 radical (unpaired) electrons. The lowest BCUT2D eigenvalue weighted by Gasteiger charge is -2.34. The van der Waals surface area contributed by atoms with Gasteiger partial charge in [-0.05, 0) is 57.0 Å². The zero-order valence-corrected chi connectivity index (χ0v) is 22.9. The number of fused-ring (bicyclic) bond motifs is 2. The predicted molar refractivity (Wildman–Crippen MR) is 151 cm³/mol. The fourth-order valence-corrected chi connectivity index (χ4v) is 5.26. The first-order valence-corrected chi connectivity index (χ1v) is 13.2. The number of Topliss-reactive ketones (excluding diaryl/α,β-unsaturated/α-hetero) is 1. The standard InChI is InChI=1S/C29H34N6O4/c1-17(2)31-29(38)32-20-6-7-23-21(15-20)26(36)24(39-23)14-19-16-34(5)27-25(19)22(8-11-30-27)35-12-9-18(10-13-35)28(37)33(3)4/h6-8,11,14-18H,9-10,12-13H2,1-5H3,(H2,31,32,38)/b24-14-. The van der Waals surface area contributed by atoms with Crippen molar-refractivity contribution in [2.75, 3.05) is 37.4 Å². The van der Waals surface area contributed by atoms with Crippen LogP contribution in [0.25, 0.3) is 17.1 Å². The molecule has 0 aliphatic carbocycles. The molecule has 204 valence electrons. The molecule has 1 fully saturated rings. The summed E-state index contributed by atoms with van der Waals surface area (Å²) in [7, 11) is 5.53. The van der Waals surface area contributed by atoms with Gasteiger partial charge in [0.05, 0.1) is 5.56 Å². The van der Waals surface area contributed by atoms with Gasteiger partial charge < -0.3 is 29.7 Å². The molecule has 0 saturated carbocycles. The van der Waals surface area contributed by atoms with E-state index in [-0.39, 0.29) is 35.4 Å². The first-order chi connectivity index (χ1) is 18.6. The number of aromatic nitrogens is 2. The Hall–Kier alpha value is -4.34. The third-order valence-corrected chi connectivity index (χ3v) is 7.12. The molecule has 10 nitrogen and oxygen atoms in total. The molecule has 3 amide bonds. The summed E-state index contributed by atoms with van der Waals surface area (Å²) in [5, 5.41) is 6.46. The van der Waals surface area contributed by atoms with Gasteiger partial charge in [-0.15, -0.1) is 0 Å². The summed E-state index contributed by atoms with van der Waals surface area (Å²) < 4.78 is 7.89. The number of carbonyl (C=O) groups excluding carboxylic acids is 3. The van der Waals surface area contributed by atoms with Crippen LogP contribution in [0.3, 0.4) is 0 Å². The molecule has 3 aromatic rings. The maximum atomic E-state index is 13.3. The third-order valence-electron chi connectivity index (χ3n) is 7.12. The van der Waals surface area contributed by atoms with E-state index in [0.29, 0.717) is 17.0 Å². The molecule has 5 rings (SSSR count). The molecule has 2 N–H and O–H groups in total. The molecule has 2 aliphatic rings. The van der Waals surface area contributed by atoms with Crippen LogP contribution in [-0.2, 0) is 11.8 Å². The quantitative estimate of drug-likeness (QED) is 0.483. The maximum Gasteiger partial charge on any atom is 0.319 e. The van der Waals surface area contributed by atoms with Crippen molar-refractivity contribution in [2.45, 2.75) is 32.7 Å². The molecule has 0 unspecified atom stereocenters.